The Balaban J connectivity index is 1.51. The van der Waals surface area contributed by atoms with Crippen LogP contribution in [0.25, 0.3) is 0 Å². The van der Waals surface area contributed by atoms with E-state index < -0.39 is 24.0 Å². The lowest BCUT2D eigenvalue weighted by atomic mass is 9.96. The summed E-state index contributed by atoms with van der Waals surface area (Å²) in [5.74, 6) is -1.74. The monoisotopic (exact) mass is 414 g/mol. The molecule has 1 aromatic carbocycles. The molecule has 0 aromatic heterocycles. The predicted octanol–water partition coefficient (Wildman–Crippen LogP) is 1.90. The van der Waals surface area contributed by atoms with Crippen LogP contribution in [0.2, 0.25) is 0 Å². The van der Waals surface area contributed by atoms with Crippen molar-refractivity contribution in [3.05, 3.63) is 42.1 Å². The molecule has 9 heteroatoms. The van der Waals surface area contributed by atoms with Gasteiger partial charge in [-0.2, -0.15) is 0 Å². The molecular formula is C21H26N4O5. The number of anilines is 1. The number of amides is 4. The number of carbonyl (C=O) groups excluding carboxylic acids is 4. The Kier molecular flexibility index (Phi) is 7.05. The molecule has 9 nitrogen and oxygen atoms in total. The molecule has 30 heavy (non-hydrogen) atoms. The number of benzene rings is 1. The van der Waals surface area contributed by atoms with Crippen molar-refractivity contribution in [3.8, 4) is 0 Å². The average Bonchev–Trinajstić information content (AvgIpc) is 2.75. The molecule has 1 aliphatic heterocycles. The zero-order valence-electron chi connectivity index (χ0n) is 16.8. The first-order valence-corrected chi connectivity index (χ1v) is 10.1. The van der Waals surface area contributed by atoms with Crippen LogP contribution in [0.1, 0.15) is 45.4 Å². The fourth-order valence-corrected chi connectivity index (χ4v) is 3.38. The Morgan fingerprint density at radius 1 is 1.13 bits per heavy atom. The van der Waals surface area contributed by atoms with Gasteiger partial charge in [0.2, 0.25) is 5.91 Å². The number of hydrogen-bond donors (Lipinski definition) is 3. The topological polar surface area (TPSA) is 117 Å². The van der Waals surface area contributed by atoms with Gasteiger partial charge in [0.1, 0.15) is 5.70 Å². The van der Waals surface area contributed by atoms with Crippen LogP contribution < -0.4 is 21.1 Å². The molecule has 1 saturated carbocycles. The van der Waals surface area contributed by atoms with Crippen LogP contribution in [0.5, 0.6) is 0 Å². The zero-order valence-corrected chi connectivity index (χ0v) is 16.8. The fourth-order valence-electron chi connectivity index (χ4n) is 3.38. The Bertz CT molecular complexity index is 833. The van der Waals surface area contributed by atoms with Gasteiger partial charge in [-0.05, 0) is 38.0 Å². The Labute approximate surface area is 174 Å². The molecule has 0 radical (unpaired) electrons. The molecule has 1 aromatic rings. The standard InChI is InChI=1S/C21H26N4O5/c1-14(19(27)23-21(29)22-15-8-4-2-5-9-15)30-20(28)17-12-13-18(26)25(24-17)16-10-6-3-7-11-16/h3,6-7,10-12,14-15,24H,2,4-5,8-9,13H2,1H3,(H2,22,23,27,29)/t14-/m0/s1. The van der Waals surface area contributed by atoms with Crippen molar-refractivity contribution < 1.29 is 23.9 Å². The molecule has 1 fully saturated rings. The minimum absolute atomic E-state index is 0.0106. The maximum absolute atomic E-state index is 12.4. The van der Waals surface area contributed by atoms with E-state index in [9.17, 15) is 19.2 Å². The Morgan fingerprint density at radius 3 is 2.53 bits per heavy atom. The number of carbonyl (C=O) groups is 4. The molecule has 3 rings (SSSR count). The van der Waals surface area contributed by atoms with Crippen LogP contribution >= 0.6 is 0 Å². The minimum Gasteiger partial charge on any atom is -0.448 e. The molecule has 1 heterocycles. The van der Waals surface area contributed by atoms with Crippen LogP contribution in [0.15, 0.2) is 42.1 Å². The van der Waals surface area contributed by atoms with Gasteiger partial charge >= 0.3 is 12.0 Å². The van der Waals surface area contributed by atoms with Crippen molar-refractivity contribution in [3.63, 3.8) is 0 Å². The number of ether oxygens (including phenoxy) is 1. The third-order valence-corrected chi connectivity index (χ3v) is 5.03. The van der Waals surface area contributed by atoms with Gasteiger partial charge in [-0.25, -0.2) is 14.6 Å². The van der Waals surface area contributed by atoms with Crippen LogP contribution in [0.3, 0.4) is 0 Å². The third kappa shape index (κ3) is 5.59. The van der Waals surface area contributed by atoms with E-state index in [1.165, 1.54) is 18.0 Å². The van der Waals surface area contributed by atoms with Crippen LogP contribution in [-0.4, -0.2) is 36.0 Å². The Morgan fingerprint density at radius 2 is 1.83 bits per heavy atom. The first kappa shape index (κ1) is 21.4. The van der Waals surface area contributed by atoms with Gasteiger partial charge in [-0.3, -0.25) is 20.3 Å². The summed E-state index contributed by atoms with van der Waals surface area (Å²) < 4.78 is 5.16. The number of imide groups is 1. The largest absolute Gasteiger partial charge is 0.448 e. The van der Waals surface area contributed by atoms with Crippen LogP contribution in [0, 0.1) is 0 Å². The lowest BCUT2D eigenvalue weighted by molar-refractivity contribution is -0.151. The highest BCUT2D eigenvalue weighted by atomic mass is 16.5. The number of hydrogen-bond acceptors (Lipinski definition) is 6. The van der Waals surface area contributed by atoms with E-state index in [1.54, 1.807) is 24.3 Å². The number of nitrogens with one attached hydrogen (secondary N) is 3. The molecule has 0 bridgehead atoms. The summed E-state index contributed by atoms with van der Waals surface area (Å²) >= 11 is 0. The lowest BCUT2D eigenvalue weighted by Gasteiger charge is -2.28. The summed E-state index contributed by atoms with van der Waals surface area (Å²) in [6.45, 7) is 1.38. The maximum atomic E-state index is 12.4. The highest BCUT2D eigenvalue weighted by Crippen LogP contribution is 2.18. The van der Waals surface area contributed by atoms with E-state index in [0.717, 1.165) is 32.1 Å². The Hall–Kier alpha value is -3.36. The number of nitrogens with zero attached hydrogens (tertiary/aromatic N) is 1. The molecule has 0 unspecified atom stereocenters. The molecule has 160 valence electrons. The van der Waals surface area contributed by atoms with E-state index in [2.05, 4.69) is 16.1 Å². The van der Waals surface area contributed by atoms with E-state index in [4.69, 9.17) is 4.74 Å². The second-order valence-corrected chi connectivity index (χ2v) is 7.34. The van der Waals surface area contributed by atoms with Gasteiger partial charge in [0.05, 0.1) is 5.69 Å². The van der Waals surface area contributed by atoms with Crippen molar-refractivity contribution in [1.82, 2.24) is 16.1 Å². The molecule has 4 amide bonds. The first-order chi connectivity index (χ1) is 14.4. The van der Waals surface area contributed by atoms with Gasteiger partial charge in [0.15, 0.2) is 6.10 Å². The average molecular weight is 414 g/mol. The summed E-state index contributed by atoms with van der Waals surface area (Å²) in [7, 11) is 0. The summed E-state index contributed by atoms with van der Waals surface area (Å²) in [6, 6.07) is 8.26. The van der Waals surface area contributed by atoms with Gasteiger partial charge in [0.25, 0.3) is 5.91 Å². The quantitative estimate of drug-likeness (QED) is 0.634. The van der Waals surface area contributed by atoms with Crippen molar-refractivity contribution >= 4 is 29.5 Å². The van der Waals surface area contributed by atoms with Gasteiger partial charge < -0.3 is 10.1 Å². The molecule has 0 spiro atoms. The lowest BCUT2D eigenvalue weighted by Crippen LogP contribution is -2.49. The van der Waals surface area contributed by atoms with Crippen molar-refractivity contribution in [2.45, 2.75) is 57.6 Å². The van der Waals surface area contributed by atoms with Gasteiger partial charge in [-0.1, -0.05) is 37.5 Å². The molecule has 1 atom stereocenters. The zero-order chi connectivity index (χ0) is 21.5. The smallest absolute Gasteiger partial charge is 0.356 e. The highest BCUT2D eigenvalue weighted by molar-refractivity contribution is 6.01. The first-order valence-electron chi connectivity index (χ1n) is 10.1. The minimum atomic E-state index is -1.18. The van der Waals surface area contributed by atoms with Crippen molar-refractivity contribution in [1.29, 1.82) is 0 Å². The van der Waals surface area contributed by atoms with E-state index in [1.807, 2.05) is 6.07 Å². The highest BCUT2D eigenvalue weighted by Gasteiger charge is 2.28. The van der Waals surface area contributed by atoms with E-state index in [0.29, 0.717) is 5.69 Å². The number of esters is 1. The predicted molar refractivity (Wildman–Crippen MR) is 109 cm³/mol. The van der Waals surface area contributed by atoms with Gasteiger partial charge in [0, 0.05) is 12.5 Å². The SMILES string of the molecule is C[C@H](OC(=O)C1=CCC(=O)N(c2ccccc2)N1)C(=O)NC(=O)NC1CCCCC1. The van der Waals surface area contributed by atoms with Gasteiger partial charge in [-0.15, -0.1) is 0 Å². The molecule has 3 N–H and O–H groups in total. The molecule has 0 saturated heterocycles. The number of rotatable bonds is 5. The molecule has 1 aliphatic carbocycles. The maximum Gasteiger partial charge on any atom is 0.356 e. The van der Waals surface area contributed by atoms with Crippen LogP contribution in [-0.2, 0) is 19.1 Å². The molecule has 2 aliphatic rings. The summed E-state index contributed by atoms with van der Waals surface area (Å²) in [4.78, 5) is 48.8. The second-order valence-electron chi connectivity index (χ2n) is 7.34. The van der Waals surface area contributed by atoms with Crippen LogP contribution in [0.4, 0.5) is 10.5 Å². The summed E-state index contributed by atoms with van der Waals surface area (Å²) in [5.41, 5.74) is 3.34. The normalized spacial score (nSPS) is 18.0. The number of hydrazine groups is 1. The number of urea groups is 1. The fraction of sp³-hybridized carbons (Fsp3) is 0.429. The number of para-hydroxylation sites is 1. The van der Waals surface area contributed by atoms with Crippen molar-refractivity contribution in [2.75, 3.05) is 5.01 Å². The van der Waals surface area contributed by atoms with Crippen molar-refractivity contribution in [2.24, 2.45) is 0 Å². The summed E-state index contributed by atoms with van der Waals surface area (Å²) in [5, 5.41) is 6.23. The van der Waals surface area contributed by atoms with E-state index in [-0.39, 0.29) is 24.1 Å². The van der Waals surface area contributed by atoms with E-state index >= 15 is 0 Å². The third-order valence-electron chi connectivity index (χ3n) is 5.03. The summed E-state index contributed by atoms with van der Waals surface area (Å²) in [6.07, 6.45) is 5.28. The molecular weight excluding hydrogens is 388 g/mol. The second kappa shape index (κ2) is 9.91.